The first kappa shape index (κ1) is 21.5. The Morgan fingerprint density at radius 1 is 1.14 bits per heavy atom. The molecule has 0 aliphatic carbocycles. The lowest BCUT2D eigenvalue weighted by atomic mass is 10.1. The molecule has 1 aromatic carbocycles. The number of ether oxygens (including phenoxy) is 1. The molecule has 7 nitrogen and oxygen atoms in total. The van der Waals surface area contributed by atoms with Crippen LogP contribution in [-0.4, -0.2) is 22.1 Å². The summed E-state index contributed by atoms with van der Waals surface area (Å²) in [7, 11) is 0. The van der Waals surface area contributed by atoms with E-state index in [-0.39, 0.29) is 11.5 Å². The molecule has 2 aromatic rings. The molecule has 0 spiro atoms. The van der Waals surface area contributed by atoms with Crippen LogP contribution in [0.4, 0.5) is 11.5 Å². The first-order chi connectivity index (χ1) is 13.4. The molecular weight excluding hydrogens is 358 g/mol. The van der Waals surface area contributed by atoms with Gasteiger partial charge in [0.15, 0.2) is 0 Å². The van der Waals surface area contributed by atoms with E-state index in [1.807, 2.05) is 18.2 Å². The number of nitrogens with one attached hydrogen (secondary N) is 2. The van der Waals surface area contributed by atoms with Crippen LogP contribution in [0.25, 0.3) is 0 Å². The summed E-state index contributed by atoms with van der Waals surface area (Å²) in [6.07, 6.45) is 3.34. The molecular formula is C21H29N3O4. The number of anilines is 2. The Bertz CT molecular complexity index is 883. The van der Waals surface area contributed by atoms with Crippen LogP contribution >= 0.6 is 0 Å². The highest BCUT2D eigenvalue weighted by Crippen LogP contribution is 2.18. The highest BCUT2D eigenvalue weighted by molar-refractivity contribution is 5.69. The van der Waals surface area contributed by atoms with Crippen LogP contribution in [0, 0.1) is 6.92 Å². The topological polar surface area (TPSA) is 93.2 Å². The van der Waals surface area contributed by atoms with Crippen molar-refractivity contribution in [1.82, 2.24) is 9.55 Å². The number of H-pyrrole nitrogens is 1. The summed E-state index contributed by atoms with van der Waals surface area (Å²) in [5.41, 5.74) is 2.46. The standard InChI is InChI=1S/C21H29N3O4/c1-4-16-13-17(11-10-15(16)3)22-18-14-19(25)24(21(27)23-18)12-8-6-7-9-20(26)28-5-2/h10-11,13-14,22H,4-9,12H2,1-3H3,(H,23,27). The van der Waals surface area contributed by atoms with Crippen molar-refractivity contribution < 1.29 is 9.53 Å². The van der Waals surface area contributed by atoms with Crippen LogP contribution in [0.3, 0.4) is 0 Å². The Morgan fingerprint density at radius 3 is 2.61 bits per heavy atom. The van der Waals surface area contributed by atoms with Gasteiger partial charge in [0.1, 0.15) is 5.82 Å². The average Bonchev–Trinajstić information content (AvgIpc) is 2.65. The highest BCUT2D eigenvalue weighted by atomic mass is 16.5. The summed E-state index contributed by atoms with van der Waals surface area (Å²) in [6, 6.07) is 7.34. The third kappa shape index (κ3) is 6.11. The Kier molecular flexibility index (Phi) is 8.04. The lowest BCUT2D eigenvalue weighted by Crippen LogP contribution is -2.35. The Balaban J connectivity index is 1.96. The van der Waals surface area contributed by atoms with E-state index in [9.17, 15) is 14.4 Å². The number of nitrogens with zero attached hydrogens (tertiary/aromatic N) is 1. The van der Waals surface area contributed by atoms with Gasteiger partial charge < -0.3 is 10.1 Å². The van der Waals surface area contributed by atoms with E-state index in [2.05, 4.69) is 24.1 Å². The fourth-order valence-corrected chi connectivity index (χ4v) is 3.03. The van der Waals surface area contributed by atoms with Gasteiger partial charge in [-0.1, -0.05) is 19.4 Å². The fraction of sp³-hybridized carbons (Fsp3) is 0.476. The minimum absolute atomic E-state index is 0.213. The van der Waals surface area contributed by atoms with E-state index in [1.54, 1.807) is 6.92 Å². The van der Waals surface area contributed by atoms with E-state index in [0.717, 1.165) is 18.5 Å². The molecule has 1 aromatic heterocycles. The Hall–Kier alpha value is -2.83. The number of rotatable bonds is 10. The fourth-order valence-electron chi connectivity index (χ4n) is 3.03. The van der Waals surface area contributed by atoms with Gasteiger partial charge in [-0.05, 0) is 56.4 Å². The van der Waals surface area contributed by atoms with Gasteiger partial charge in [-0.15, -0.1) is 0 Å². The van der Waals surface area contributed by atoms with Crippen molar-refractivity contribution in [3.63, 3.8) is 0 Å². The quantitative estimate of drug-likeness (QED) is 0.482. The maximum absolute atomic E-state index is 12.3. The third-order valence-electron chi connectivity index (χ3n) is 4.60. The monoisotopic (exact) mass is 387 g/mol. The van der Waals surface area contributed by atoms with Crippen molar-refractivity contribution in [3.05, 3.63) is 56.2 Å². The number of unbranched alkanes of at least 4 members (excludes halogenated alkanes) is 2. The van der Waals surface area contributed by atoms with E-state index >= 15 is 0 Å². The van der Waals surface area contributed by atoms with Crippen molar-refractivity contribution in [2.45, 2.75) is 59.4 Å². The molecule has 0 saturated heterocycles. The van der Waals surface area contributed by atoms with E-state index in [1.165, 1.54) is 21.8 Å². The second-order valence-electron chi connectivity index (χ2n) is 6.71. The number of aromatic nitrogens is 2. The normalized spacial score (nSPS) is 10.7. The molecule has 0 bridgehead atoms. The maximum atomic E-state index is 12.3. The summed E-state index contributed by atoms with van der Waals surface area (Å²) in [5, 5.41) is 3.10. The molecule has 7 heteroatoms. The van der Waals surface area contributed by atoms with Gasteiger partial charge in [0.2, 0.25) is 0 Å². The zero-order valence-electron chi connectivity index (χ0n) is 16.8. The van der Waals surface area contributed by atoms with Crippen LogP contribution in [0.5, 0.6) is 0 Å². The van der Waals surface area contributed by atoms with Gasteiger partial charge in [-0.3, -0.25) is 19.1 Å². The largest absolute Gasteiger partial charge is 0.466 e. The number of benzene rings is 1. The molecule has 0 fully saturated rings. The van der Waals surface area contributed by atoms with Crippen molar-refractivity contribution in [3.8, 4) is 0 Å². The number of hydrogen-bond donors (Lipinski definition) is 2. The smallest absolute Gasteiger partial charge is 0.329 e. The molecule has 28 heavy (non-hydrogen) atoms. The van der Waals surface area contributed by atoms with Gasteiger partial charge in [0.25, 0.3) is 5.56 Å². The predicted molar refractivity (Wildman–Crippen MR) is 110 cm³/mol. The van der Waals surface area contributed by atoms with Crippen LogP contribution in [-0.2, 0) is 22.5 Å². The first-order valence-electron chi connectivity index (χ1n) is 9.81. The summed E-state index contributed by atoms with van der Waals surface area (Å²) >= 11 is 0. The van der Waals surface area contributed by atoms with Crippen molar-refractivity contribution in [1.29, 1.82) is 0 Å². The SMILES string of the molecule is CCOC(=O)CCCCCn1c(=O)cc(Nc2ccc(C)c(CC)c2)[nH]c1=O. The third-order valence-corrected chi connectivity index (χ3v) is 4.60. The average molecular weight is 387 g/mol. The van der Waals surface area contributed by atoms with Crippen molar-refractivity contribution in [2.75, 3.05) is 11.9 Å². The number of carbonyl (C=O) groups excluding carboxylic acids is 1. The molecule has 1 heterocycles. The molecule has 0 unspecified atom stereocenters. The van der Waals surface area contributed by atoms with E-state index < -0.39 is 5.69 Å². The molecule has 0 aliphatic rings. The van der Waals surface area contributed by atoms with E-state index in [4.69, 9.17) is 4.74 Å². The summed E-state index contributed by atoms with van der Waals surface area (Å²) in [6.45, 7) is 6.62. The summed E-state index contributed by atoms with van der Waals surface area (Å²) in [4.78, 5) is 38.6. The number of aryl methyl sites for hydroxylation is 2. The van der Waals surface area contributed by atoms with Crippen molar-refractivity contribution in [2.24, 2.45) is 0 Å². The first-order valence-corrected chi connectivity index (χ1v) is 9.81. The van der Waals surface area contributed by atoms with Crippen LogP contribution in [0.1, 0.15) is 50.7 Å². The minimum atomic E-state index is -0.441. The van der Waals surface area contributed by atoms with E-state index in [0.29, 0.717) is 38.2 Å². The highest BCUT2D eigenvalue weighted by Gasteiger charge is 2.07. The van der Waals surface area contributed by atoms with Gasteiger partial charge in [0, 0.05) is 24.7 Å². The summed E-state index contributed by atoms with van der Waals surface area (Å²) < 4.78 is 6.05. The second-order valence-corrected chi connectivity index (χ2v) is 6.71. The molecule has 152 valence electrons. The van der Waals surface area contributed by atoms with Gasteiger partial charge in [-0.2, -0.15) is 0 Å². The van der Waals surface area contributed by atoms with Crippen molar-refractivity contribution >= 4 is 17.5 Å². The zero-order valence-corrected chi connectivity index (χ0v) is 16.8. The van der Waals surface area contributed by atoms with Crippen LogP contribution < -0.4 is 16.6 Å². The van der Waals surface area contributed by atoms with Gasteiger partial charge in [0.05, 0.1) is 6.61 Å². The molecule has 2 N–H and O–H groups in total. The lowest BCUT2D eigenvalue weighted by molar-refractivity contribution is -0.143. The predicted octanol–water partition coefficient (Wildman–Crippen LogP) is 3.27. The molecule has 0 atom stereocenters. The zero-order chi connectivity index (χ0) is 20.5. The molecule has 0 aliphatic heterocycles. The number of carbonyl (C=O) groups is 1. The molecule has 2 rings (SSSR count). The number of esters is 1. The Labute approximate surface area is 164 Å². The van der Waals surface area contributed by atoms with Gasteiger partial charge in [-0.25, -0.2) is 4.79 Å². The minimum Gasteiger partial charge on any atom is -0.466 e. The maximum Gasteiger partial charge on any atom is 0.329 e. The van der Waals surface area contributed by atoms with Crippen LogP contribution in [0.2, 0.25) is 0 Å². The molecule has 0 amide bonds. The number of aromatic amines is 1. The second kappa shape index (κ2) is 10.5. The lowest BCUT2D eigenvalue weighted by Gasteiger charge is -2.11. The number of hydrogen-bond acceptors (Lipinski definition) is 5. The molecule has 0 saturated carbocycles. The van der Waals surface area contributed by atoms with Crippen LogP contribution in [0.15, 0.2) is 33.9 Å². The van der Waals surface area contributed by atoms with Gasteiger partial charge >= 0.3 is 11.7 Å². The molecule has 0 radical (unpaired) electrons. The Morgan fingerprint density at radius 2 is 1.93 bits per heavy atom. The summed E-state index contributed by atoms with van der Waals surface area (Å²) in [5.74, 6) is 0.162.